The standard InChI is InChI=1S/C20H20IN5O4/c1-29-16-8-3-13(11-17(16)30-2)9-10-22-19-18(26(27)28)20(24-12-23-19)25-15-6-4-14(21)5-7-15/h3-8,11-12H,9-10H2,1-2H3,(H2,22,23,24,25). The molecule has 0 aliphatic rings. The first kappa shape index (κ1) is 21.6. The van der Waals surface area contributed by atoms with Crippen LogP contribution < -0.4 is 20.1 Å². The van der Waals surface area contributed by atoms with Crippen LogP contribution in [0, 0.1) is 13.7 Å². The van der Waals surface area contributed by atoms with Gasteiger partial charge in [-0.05, 0) is 71.0 Å². The third kappa shape index (κ3) is 5.26. The molecule has 10 heteroatoms. The van der Waals surface area contributed by atoms with Gasteiger partial charge in [0.05, 0.1) is 19.1 Å². The Morgan fingerprint density at radius 2 is 1.73 bits per heavy atom. The van der Waals surface area contributed by atoms with Crippen LogP contribution in [0.1, 0.15) is 5.56 Å². The van der Waals surface area contributed by atoms with Crippen molar-refractivity contribution < 1.29 is 14.4 Å². The van der Waals surface area contributed by atoms with Gasteiger partial charge in [-0.2, -0.15) is 0 Å². The molecule has 1 heterocycles. The third-order valence-electron chi connectivity index (χ3n) is 4.27. The fourth-order valence-electron chi connectivity index (χ4n) is 2.80. The number of nitrogens with one attached hydrogen (secondary N) is 2. The zero-order valence-electron chi connectivity index (χ0n) is 16.4. The first-order chi connectivity index (χ1) is 14.5. The van der Waals surface area contributed by atoms with Gasteiger partial charge in [0.2, 0.25) is 11.6 Å². The zero-order chi connectivity index (χ0) is 21.5. The Kier molecular flexibility index (Phi) is 7.22. The fourth-order valence-corrected chi connectivity index (χ4v) is 3.16. The van der Waals surface area contributed by atoms with E-state index in [4.69, 9.17) is 9.47 Å². The average molecular weight is 521 g/mol. The summed E-state index contributed by atoms with van der Waals surface area (Å²) in [5.41, 5.74) is 1.49. The fraction of sp³-hybridized carbons (Fsp3) is 0.200. The van der Waals surface area contributed by atoms with E-state index in [0.717, 1.165) is 9.13 Å². The molecular weight excluding hydrogens is 501 g/mol. The van der Waals surface area contributed by atoms with Crippen LogP contribution in [-0.2, 0) is 6.42 Å². The van der Waals surface area contributed by atoms with Gasteiger partial charge in [0.15, 0.2) is 11.5 Å². The van der Waals surface area contributed by atoms with Crippen molar-refractivity contribution in [3.05, 3.63) is 68.0 Å². The molecule has 30 heavy (non-hydrogen) atoms. The van der Waals surface area contributed by atoms with Crippen LogP contribution in [0.25, 0.3) is 0 Å². The normalized spacial score (nSPS) is 10.4. The molecule has 3 rings (SSSR count). The summed E-state index contributed by atoms with van der Waals surface area (Å²) in [5.74, 6) is 1.56. The summed E-state index contributed by atoms with van der Waals surface area (Å²) in [4.78, 5) is 19.3. The first-order valence-electron chi connectivity index (χ1n) is 8.98. The van der Waals surface area contributed by atoms with Crippen LogP contribution in [-0.4, -0.2) is 35.7 Å². The molecule has 0 spiro atoms. The molecule has 0 aliphatic carbocycles. The molecule has 0 saturated carbocycles. The average Bonchev–Trinajstić information content (AvgIpc) is 2.75. The maximum absolute atomic E-state index is 11.7. The van der Waals surface area contributed by atoms with E-state index in [-0.39, 0.29) is 17.3 Å². The molecule has 1 aromatic heterocycles. The summed E-state index contributed by atoms with van der Waals surface area (Å²) in [5, 5.41) is 17.7. The zero-order valence-corrected chi connectivity index (χ0v) is 18.5. The summed E-state index contributed by atoms with van der Waals surface area (Å²) in [6, 6.07) is 13.1. The van der Waals surface area contributed by atoms with Gasteiger partial charge in [0, 0.05) is 15.8 Å². The van der Waals surface area contributed by atoms with Crippen molar-refractivity contribution in [1.29, 1.82) is 0 Å². The van der Waals surface area contributed by atoms with E-state index in [2.05, 4.69) is 43.2 Å². The molecular formula is C20H20IN5O4. The highest BCUT2D eigenvalue weighted by Crippen LogP contribution is 2.31. The molecule has 0 amide bonds. The topological polar surface area (TPSA) is 111 Å². The van der Waals surface area contributed by atoms with Crippen LogP contribution in [0.2, 0.25) is 0 Å². The second-order valence-corrected chi connectivity index (χ2v) is 7.42. The van der Waals surface area contributed by atoms with Crippen LogP contribution in [0.4, 0.5) is 23.0 Å². The van der Waals surface area contributed by atoms with Crippen molar-refractivity contribution in [2.75, 3.05) is 31.4 Å². The number of benzene rings is 2. The van der Waals surface area contributed by atoms with Crippen LogP contribution in [0.15, 0.2) is 48.8 Å². The molecule has 2 N–H and O–H groups in total. The van der Waals surface area contributed by atoms with E-state index in [9.17, 15) is 10.1 Å². The molecule has 0 saturated heterocycles. The van der Waals surface area contributed by atoms with Crippen molar-refractivity contribution in [2.24, 2.45) is 0 Å². The minimum Gasteiger partial charge on any atom is -0.493 e. The predicted molar refractivity (Wildman–Crippen MR) is 123 cm³/mol. The number of hydrogen-bond donors (Lipinski definition) is 2. The molecule has 0 bridgehead atoms. The van der Waals surface area contributed by atoms with E-state index in [0.29, 0.717) is 30.2 Å². The third-order valence-corrected chi connectivity index (χ3v) is 4.99. The molecule has 0 aliphatic heterocycles. The summed E-state index contributed by atoms with van der Waals surface area (Å²) in [6.45, 7) is 0.441. The van der Waals surface area contributed by atoms with Gasteiger partial charge < -0.3 is 20.1 Å². The largest absolute Gasteiger partial charge is 0.493 e. The van der Waals surface area contributed by atoms with Crippen molar-refractivity contribution in [2.45, 2.75) is 6.42 Å². The maximum atomic E-state index is 11.7. The van der Waals surface area contributed by atoms with Crippen molar-refractivity contribution in [3.8, 4) is 11.5 Å². The lowest BCUT2D eigenvalue weighted by Gasteiger charge is -2.11. The Bertz CT molecular complexity index is 1030. The lowest BCUT2D eigenvalue weighted by atomic mass is 10.1. The Morgan fingerprint density at radius 1 is 1.03 bits per heavy atom. The van der Waals surface area contributed by atoms with Gasteiger partial charge in [0.1, 0.15) is 6.33 Å². The molecule has 0 fully saturated rings. The number of hydrogen-bond acceptors (Lipinski definition) is 8. The van der Waals surface area contributed by atoms with E-state index in [1.807, 2.05) is 42.5 Å². The van der Waals surface area contributed by atoms with Gasteiger partial charge >= 0.3 is 5.69 Å². The second kappa shape index (κ2) is 10.1. The monoisotopic (exact) mass is 521 g/mol. The SMILES string of the molecule is COc1ccc(CCNc2ncnc(Nc3ccc(I)cc3)c2[N+](=O)[O-])cc1OC. The van der Waals surface area contributed by atoms with E-state index < -0.39 is 4.92 Å². The first-order valence-corrected chi connectivity index (χ1v) is 10.1. The molecule has 0 radical (unpaired) electrons. The molecule has 156 valence electrons. The maximum Gasteiger partial charge on any atom is 0.353 e. The Morgan fingerprint density at radius 3 is 2.40 bits per heavy atom. The van der Waals surface area contributed by atoms with Crippen LogP contribution in [0.5, 0.6) is 11.5 Å². The predicted octanol–water partition coefficient (Wildman–Crippen LogP) is 4.40. The second-order valence-electron chi connectivity index (χ2n) is 6.17. The lowest BCUT2D eigenvalue weighted by Crippen LogP contribution is -2.11. The number of ether oxygens (including phenoxy) is 2. The minimum absolute atomic E-state index is 0.129. The van der Waals surface area contributed by atoms with E-state index in [1.165, 1.54) is 6.33 Å². The molecule has 3 aromatic rings. The Balaban J connectivity index is 1.74. The van der Waals surface area contributed by atoms with Crippen LogP contribution >= 0.6 is 22.6 Å². The lowest BCUT2D eigenvalue weighted by molar-refractivity contribution is -0.383. The van der Waals surface area contributed by atoms with Gasteiger partial charge in [-0.1, -0.05) is 6.07 Å². The summed E-state index contributed by atoms with van der Waals surface area (Å²) >= 11 is 2.19. The number of anilines is 3. The summed E-state index contributed by atoms with van der Waals surface area (Å²) in [7, 11) is 3.15. The molecule has 0 atom stereocenters. The van der Waals surface area contributed by atoms with Crippen molar-refractivity contribution >= 4 is 45.6 Å². The number of nitro groups is 1. The number of halogens is 1. The Hall–Kier alpha value is -3.15. The summed E-state index contributed by atoms with van der Waals surface area (Å²) in [6.07, 6.45) is 1.90. The molecule has 0 unspecified atom stereocenters. The molecule has 2 aromatic carbocycles. The van der Waals surface area contributed by atoms with Gasteiger partial charge in [0.25, 0.3) is 0 Å². The van der Waals surface area contributed by atoms with E-state index in [1.54, 1.807) is 14.2 Å². The van der Waals surface area contributed by atoms with Gasteiger partial charge in [-0.15, -0.1) is 0 Å². The van der Waals surface area contributed by atoms with Crippen molar-refractivity contribution in [1.82, 2.24) is 9.97 Å². The smallest absolute Gasteiger partial charge is 0.353 e. The minimum atomic E-state index is -0.492. The highest BCUT2D eigenvalue weighted by Gasteiger charge is 2.23. The summed E-state index contributed by atoms with van der Waals surface area (Å²) < 4.78 is 11.6. The quantitative estimate of drug-likeness (QED) is 0.242. The van der Waals surface area contributed by atoms with Gasteiger partial charge in [-0.3, -0.25) is 10.1 Å². The number of rotatable bonds is 9. The van der Waals surface area contributed by atoms with Crippen molar-refractivity contribution in [3.63, 3.8) is 0 Å². The van der Waals surface area contributed by atoms with E-state index >= 15 is 0 Å². The number of aromatic nitrogens is 2. The number of methoxy groups -OCH3 is 2. The molecule has 9 nitrogen and oxygen atoms in total. The van der Waals surface area contributed by atoms with Gasteiger partial charge in [-0.25, -0.2) is 9.97 Å². The van der Waals surface area contributed by atoms with Crippen LogP contribution in [0.3, 0.4) is 0 Å². The highest BCUT2D eigenvalue weighted by atomic mass is 127. The highest BCUT2D eigenvalue weighted by molar-refractivity contribution is 14.1. The Labute approximate surface area is 187 Å². The number of nitrogens with zero attached hydrogens (tertiary/aromatic N) is 3.